The second-order valence-corrected chi connectivity index (χ2v) is 3.53. The first-order valence-electron chi connectivity index (χ1n) is 4.51. The van der Waals surface area contributed by atoms with Gasteiger partial charge in [-0.05, 0) is 6.07 Å². The smallest absolute Gasteiger partial charge is 0.255 e. The second-order valence-electron chi connectivity index (χ2n) is 3.09. The van der Waals surface area contributed by atoms with Crippen molar-refractivity contribution in [2.45, 2.75) is 0 Å². The molecule has 0 aromatic heterocycles. The number of fused-ring (bicyclic) bond motifs is 1. The predicted molar refractivity (Wildman–Crippen MR) is 55.8 cm³/mol. The molecule has 15 heavy (non-hydrogen) atoms. The van der Waals surface area contributed by atoms with E-state index in [1.54, 1.807) is 12.1 Å². The summed E-state index contributed by atoms with van der Waals surface area (Å²) in [5, 5.41) is 3.15. The van der Waals surface area contributed by atoms with E-state index >= 15 is 0 Å². The van der Waals surface area contributed by atoms with E-state index in [0.29, 0.717) is 35.2 Å². The zero-order valence-corrected chi connectivity index (χ0v) is 8.93. The zero-order chi connectivity index (χ0) is 10.8. The molecule has 2 rings (SSSR count). The molecule has 0 atom stereocenters. The molecule has 0 radical (unpaired) electrons. The van der Waals surface area contributed by atoms with Gasteiger partial charge in [0.15, 0.2) is 11.5 Å². The third-order valence-corrected chi connectivity index (χ3v) is 2.34. The van der Waals surface area contributed by atoms with Crippen molar-refractivity contribution in [1.29, 1.82) is 0 Å². The number of methoxy groups -OCH3 is 1. The highest BCUT2D eigenvalue weighted by Gasteiger charge is 2.21. The van der Waals surface area contributed by atoms with Crippen LogP contribution in [0.2, 0.25) is 5.02 Å². The van der Waals surface area contributed by atoms with Gasteiger partial charge in [0.05, 0.1) is 19.2 Å². The fourth-order valence-corrected chi connectivity index (χ4v) is 1.66. The number of carbonyl (C=O) groups excluding carboxylic acids is 1. The number of ether oxygens (including phenoxy) is 2. The highest BCUT2D eigenvalue weighted by atomic mass is 35.5. The summed E-state index contributed by atoms with van der Waals surface area (Å²) in [7, 11) is 1.51. The molecule has 0 bridgehead atoms. The number of amides is 1. The van der Waals surface area contributed by atoms with Gasteiger partial charge in [0, 0.05) is 11.1 Å². The fourth-order valence-electron chi connectivity index (χ4n) is 1.45. The van der Waals surface area contributed by atoms with Gasteiger partial charge in [-0.1, -0.05) is 11.6 Å². The minimum absolute atomic E-state index is 0.191. The Morgan fingerprint density at radius 3 is 3.07 bits per heavy atom. The molecule has 1 amide bonds. The van der Waals surface area contributed by atoms with Gasteiger partial charge in [-0.3, -0.25) is 4.79 Å². The largest absolute Gasteiger partial charge is 0.493 e. The molecule has 1 aromatic carbocycles. The van der Waals surface area contributed by atoms with E-state index < -0.39 is 0 Å². The molecule has 1 heterocycles. The molecule has 0 spiro atoms. The normalized spacial score (nSPS) is 14.7. The summed E-state index contributed by atoms with van der Waals surface area (Å²) in [6.45, 7) is 0.908. The number of hydrogen-bond acceptors (Lipinski definition) is 3. The lowest BCUT2D eigenvalue weighted by Gasteiger charge is -2.10. The molecule has 1 N–H and O–H groups in total. The van der Waals surface area contributed by atoms with Gasteiger partial charge >= 0.3 is 0 Å². The Morgan fingerprint density at radius 2 is 2.33 bits per heavy atom. The minimum atomic E-state index is -0.191. The first-order valence-corrected chi connectivity index (χ1v) is 4.88. The number of nitrogens with one attached hydrogen (secondary N) is 1. The number of halogens is 1. The van der Waals surface area contributed by atoms with Gasteiger partial charge in [0.2, 0.25) is 0 Å². The topological polar surface area (TPSA) is 47.6 Å². The molecule has 0 saturated heterocycles. The van der Waals surface area contributed by atoms with Crippen molar-refractivity contribution in [3.05, 3.63) is 22.7 Å². The van der Waals surface area contributed by atoms with Crippen LogP contribution in [0.5, 0.6) is 11.5 Å². The number of hydrogen-bond donors (Lipinski definition) is 1. The van der Waals surface area contributed by atoms with Crippen molar-refractivity contribution < 1.29 is 14.3 Å². The molecule has 1 aliphatic rings. The molecule has 0 saturated carbocycles. The molecular weight excluding hydrogens is 218 g/mol. The summed E-state index contributed by atoms with van der Waals surface area (Å²) < 4.78 is 10.5. The van der Waals surface area contributed by atoms with Gasteiger partial charge in [-0.15, -0.1) is 0 Å². The number of rotatable bonds is 1. The maximum absolute atomic E-state index is 11.6. The van der Waals surface area contributed by atoms with Crippen molar-refractivity contribution in [2.24, 2.45) is 0 Å². The highest BCUT2D eigenvalue weighted by molar-refractivity contribution is 6.31. The zero-order valence-electron chi connectivity index (χ0n) is 8.17. The third-order valence-electron chi connectivity index (χ3n) is 2.12. The lowest BCUT2D eigenvalue weighted by Crippen LogP contribution is -2.24. The third kappa shape index (κ3) is 1.85. The SMILES string of the molecule is COc1cc(Cl)cc2c1OCCNC2=O. The quantitative estimate of drug-likeness (QED) is 0.791. The first-order chi connectivity index (χ1) is 7.22. The van der Waals surface area contributed by atoms with Crippen LogP contribution in [0.3, 0.4) is 0 Å². The Labute approximate surface area is 92.1 Å². The molecule has 1 aromatic rings. The van der Waals surface area contributed by atoms with Gasteiger partial charge < -0.3 is 14.8 Å². The Balaban J connectivity index is 2.58. The van der Waals surface area contributed by atoms with E-state index in [4.69, 9.17) is 21.1 Å². The van der Waals surface area contributed by atoms with Crippen molar-refractivity contribution in [3.8, 4) is 11.5 Å². The number of benzene rings is 1. The van der Waals surface area contributed by atoms with Crippen LogP contribution in [0.25, 0.3) is 0 Å². The van der Waals surface area contributed by atoms with E-state index in [-0.39, 0.29) is 5.91 Å². The molecule has 4 nitrogen and oxygen atoms in total. The average molecular weight is 228 g/mol. The minimum Gasteiger partial charge on any atom is -0.493 e. The van der Waals surface area contributed by atoms with Crippen LogP contribution in [-0.4, -0.2) is 26.2 Å². The lowest BCUT2D eigenvalue weighted by molar-refractivity contribution is 0.0957. The van der Waals surface area contributed by atoms with E-state index in [1.165, 1.54) is 7.11 Å². The van der Waals surface area contributed by atoms with Gasteiger partial charge in [-0.25, -0.2) is 0 Å². The summed E-state index contributed by atoms with van der Waals surface area (Å²) in [6.07, 6.45) is 0. The first kappa shape index (κ1) is 10.1. The Hall–Kier alpha value is -1.42. The Morgan fingerprint density at radius 1 is 1.53 bits per heavy atom. The van der Waals surface area contributed by atoms with Gasteiger partial charge in [0.1, 0.15) is 6.61 Å². The average Bonchev–Trinajstić information content (AvgIpc) is 2.40. The van der Waals surface area contributed by atoms with Crippen LogP contribution in [0.15, 0.2) is 12.1 Å². The summed E-state index contributed by atoms with van der Waals surface area (Å²) in [5.74, 6) is 0.745. The molecule has 80 valence electrons. The van der Waals surface area contributed by atoms with Crippen LogP contribution in [0.1, 0.15) is 10.4 Å². The number of carbonyl (C=O) groups is 1. The predicted octanol–water partition coefficient (Wildman–Crippen LogP) is 1.47. The van der Waals surface area contributed by atoms with Gasteiger partial charge in [0.25, 0.3) is 5.91 Å². The molecule has 5 heteroatoms. The molecular formula is C10H10ClNO3. The lowest BCUT2D eigenvalue weighted by atomic mass is 10.1. The molecule has 0 aliphatic carbocycles. The van der Waals surface area contributed by atoms with Crippen molar-refractivity contribution in [1.82, 2.24) is 5.32 Å². The fraction of sp³-hybridized carbons (Fsp3) is 0.300. The highest BCUT2D eigenvalue weighted by Crippen LogP contribution is 2.35. The van der Waals surface area contributed by atoms with Gasteiger partial charge in [-0.2, -0.15) is 0 Å². The van der Waals surface area contributed by atoms with Crippen LogP contribution < -0.4 is 14.8 Å². The summed E-state index contributed by atoms with van der Waals surface area (Å²) >= 11 is 5.86. The standard InChI is InChI=1S/C10H10ClNO3/c1-14-8-5-6(11)4-7-9(8)15-3-2-12-10(7)13/h4-5H,2-3H2,1H3,(H,12,13). The van der Waals surface area contributed by atoms with E-state index in [2.05, 4.69) is 5.32 Å². The Kier molecular flexibility index (Phi) is 2.68. The molecule has 0 unspecified atom stereocenters. The van der Waals surface area contributed by atoms with E-state index in [1.807, 2.05) is 0 Å². The van der Waals surface area contributed by atoms with E-state index in [9.17, 15) is 4.79 Å². The summed E-state index contributed by atoms with van der Waals surface area (Å²) in [4.78, 5) is 11.6. The van der Waals surface area contributed by atoms with Crippen molar-refractivity contribution in [3.63, 3.8) is 0 Å². The van der Waals surface area contributed by atoms with Crippen molar-refractivity contribution >= 4 is 17.5 Å². The van der Waals surface area contributed by atoms with E-state index in [0.717, 1.165) is 0 Å². The molecule has 1 aliphatic heterocycles. The second kappa shape index (κ2) is 3.98. The maximum Gasteiger partial charge on any atom is 0.255 e. The van der Waals surface area contributed by atoms with Crippen LogP contribution in [0, 0.1) is 0 Å². The Bertz CT molecular complexity index is 406. The van der Waals surface area contributed by atoms with Crippen molar-refractivity contribution in [2.75, 3.05) is 20.3 Å². The van der Waals surface area contributed by atoms with Crippen LogP contribution >= 0.6 is 11.6 Å². The maximum atomic E-state index is 11.6. The summed E-state index contributed by atoms with van der Waals surface area (Å²) in [6, 6.07) is 3.19. The monoisotopic (exact) mass is 227 g/mol. The molecule has 0 fully saturated rings. The van der Waals surface area contributed by atoms with Crippen LogP contribution in [0.4, 0.5) is 0 Å². The van der Waals surface area contributed by atoms with Crippen LogP contribution in [-0.2, 0) is 0 Å². The summed E-state index contributed by atoms with van der Waals surface area (Å²) in [5.41, 5.74) is 0.414.